The van der Waals surface area contributed by atoms with Crippen LogP contribution in [-0.2, 0) is 13.1 Å². The van der Waals surface area contributed by atoms with E-state index in [1.54, 1.807) is 29.7 Å². The van der Waals surface area contributed by atoms with Gasteiger partial charge in [0, 0.05) is 43.6 Å². The van der Waals surface area contributed by atoms with Crippen LogP contribution in [0.4, 0.5) is 10.5 Å². The zero-order chi connectivity index (χ0) is 21.3. The van der Waals surface area contributed by atoms with Crippen LogP contribution in [0.15, 0.2) is 104 Å². The first-order valence-electron chi connectivity index (χ1n) is 9.93. The lowest BCUT2D eigenvalue weighted by Crippen LogP contribution is -2.34. The fourth-order valence-electron chi connectivity index (χ4n) is 3.05. The molecule has 0 aliphatic carbocycles. The van der Waals surface area contributed by atoms with Crippen LogP contribution in [0.1, 0.15) is 11.1 Å². The molecule has 0 unspecified atom stereocenters. The normalized spacial score (nSPS) is 10.3. The number of urea groups is 1. The molecule has 0 atom stereocenters. The molecule has 0 aliphatic rings. The van der Waals surface area contributed by atoms with Gasteiger partial charge in [-0.05, 0) is 65.7 Å². The molecule has 6 heteroatoms. The summed E-state index contributed by atoms with van der Waals surface area (Å²) < 4.78 is 5.81. The molecule has 2 amide bonds. The number of rotatable bonds is 7. The van der Waals surface area contributed by atoms with Crippen molar-refractivity contribution in [1.82, 2.24) is 14.9 Å². The van der Waals surface area contributed by atoms with Gasteiger partial charge >= 0.3 is 6.03 Å². The highest BCUT2D eigenvalue weighted by atomic mass is 16.5. The topological polar surface area (TPSA) is 67.3 Å². The summed E-state index contributed by atoms with van der Waals surface area (Å²) in [4.78, 5) is 23.0. The Hall–Kier alpha value is -4.19. The maximum atomic E-state index is 13.0. The molecular weight excluding hydrogens is 388 g/mol. The number of aromatic nitrogens is 2. The SMILES string of the molecule is O=C(Nc1ccc(Oc2ccccc2)cc1)N(Cc1ccncc1)Cc1cccnc1. The molecule has 0 spiro atoms. The van der Waals surface area contributed by atoms with Crippen LogP contribution in [0.3, 0.4) is 0 Å². The Kier molecular flexibility index (Phi) is 6.50. The van der Waals surface area contributed by atoms with Gasteiger partial charge in [0.15, 0.2) is 0 Å². The Morgan fingerprint density at radius 3 is 2.16 bits per heavy atom. The number of nitrogens with zero attached hydrogens (tertiary/aromatic N) is 3. The van der Waals surface area contributed by atoms with Crippen LogP contribution in [0, 0.1) is 0 Å². The smallest absolute Gasteiger partial charge is 0.322 e. The lowest BCUT2D eigenvalue weighted by Gasteiger charge is -2.23. The number of hydrogen-bond acceptors (Lipinski definition) is 4. The Balaban J connectivity index is 1.44. The van der Waals surface area contributed by atoms with E-state index in [1.807, 2.05) is 78.9 Å². The van der Waals surface area contributed by atoms with E-state index in [0.29, 0.717) is 24.5 Å². The third kappa shape index (κ3) is 5.90. The first-order chi connectivity index (χ1) is 15.3. The summed E-state index contributed by atoms with van der Waals surface area (Å²) in [5.74, 6) is 1.47. The molecule has 0 fully saturated rings. The molecule has 0 bridgehead atoms. The standard InChI is InChI=1S/C25H22N4O2/c30-25(28-22-8-10-24(11-9-22)31-23-6-2-1-3-7-23)29(18-20-12-15-26-16-13-20)19-21-5-4-14-27-17-21/h1-17H,18-19H2,(H,28,30). The van der Waals surface area contributed by atoms with Crippen LogP contribution in [0.5, 0.6) is 11.5 Å². The van der Waals surface area contributed by atoms with E-state index in [9.17, 15) is 4.79 Å². The highest BCUT2D eigenvalue weighted by molar-refractivity contribution is 5.89. The summed E-state index contributed by atoms with van der Waals surface area (Å²) in [7, 11) is 0. The molecular formula is C25H22N4O2. The Morgan fingerprint density at radius 2 is 1.45 bits per heavy atom. The van der Waals surface area contributed by atoms with Crippen molar-refractivity contribution in [1.29, 1.82) is 0 Å². The van der Waals surface area contributed by atoms with Gasteiger partial charge < -0.3 is 15.0 Å². The van der Waals surface area contributed by atoms with Crippen LogP contribution < -0.4 is 10.1 Å². The maximum absolute atomic E-state index is 13.0. The van der Waals surface area contributed by atoms with Gasteiger partial charge in [0.1, 0.15) is 11.5 Å². The molecule has 1 N–H and O–H groups in total. The molecule has 0 radical (unpaired) electrons. The second kappa shape index (κ2) is 10.0. The number of para-hydroxylation sites is 1. The van der Waals surface area contributed by atoms with Crippen molar-refractivity contribution in [3.05, 3.63) is 115 Å². The van der Waals surface area contributed by atoms with Gasteiger partial charge in [-0.2, -0.15) is 0 Å². The van der Waals surface area contributed by atoms with Crippen LogP contribution in [-0.4, -0.2) is 20.9 Å². The summed E-state index contributed by atoms with van der Waals surface area (Å²) in [6, 6.07) is 24.3. The molecule has 0 saturated carbocycles. The van der Waals surface area contributed by atoms with Crippen molar-refractivity contribution in [2.45, 2.75) is 13.1 Å². The summed E-state index contributed by atoms with van der Waals surface area (Å²) in [6.07, 6.45) is 6.93. The number of benzene rings is 2. The fourth-order valence-corrected chi connectivity index (χ4v) is 3.05. The van der Waals surface area contributed by atoms with E-state index in [4.69, 9.17) is 4.74 Å². The second-order valence-electron chi connectivity index (χ2n) is 6.94. The number of amides is 2. The lowest BCUT2D eigenvalue weighted by molar-refractivity contribution is 0.206. The minimum atomic E-state index is -0.197. The van der Waals surface area contributed by atoms with Crippen molar-refractivity contribution < 1.29 is 9.53 Å². The zero-order valence-electron chi connectivity index (χ0n) is 16.9. The zero-order valence-corrected chi connectivity index (χ0v) is 16.9. The van der Waals surface area contributed by atoms with Crippen LogP contribution in [0.25, 0.3) is 0 Å². The third-order valence-electron chi connectivity index (χ3n) is 4.59. The predicted molar refractivity (Wildman–Crippen MR) is 120 cm³/mol. The van der Waals surface area contributed by atoms with Crippen molar-refractivity contribution in [2.24, 2.45) is 0 Å². The Morgan fingerprint density at radius 1 is 0.742 bits per heavy atom. The molecule has 4 rings (SSSR count). The maximum Gasteiger partial charge on any atom is 0.322 e. The number of anilines is 1. The first-order valence-corrected chi connectivity index (χ1v) is 9.93. The Bertz CT molecular complexity index is 1050. The molecule has 0 saturated heterocycles. The minimum Gasteiger partial charge on any atom is -0.457 e. The molecule has 0 aliphatic heterocycles. The average molecular weight is 410 g/mol. The van der Waals surface area contributed by atoms with Crippen molar-refractivity contribution in [3.63, 3.8) is 0 Å². The van der Waals surface area contributed by atoms with E-state index >= 15 is 0 Å². The van der Waals surface area contributed by atoms with E-state index in [2.05, 4.69) is 15.3 Å². The van der Waals surface area contributed by atoms with Gasteiger partial charge in [0.2, 0.25) is 0 Å². The van der Waals surface area contributed by atoms with Gasteiger partial charge in [0.05, 0.1) is 0 Å². The number of carbonyl (C=O) groups is 1. The molecule has 2 heterocycles. The molecule has 154 valence electrons. The largest absolute Gasteiger partial charge is 0.457 e. The van der Waals surface area contributed by atoms with Crippen molar-refractivity contribution in [2.75, 3.05) is 5.32 Å². The highest BCUT2D eigenvalue weighted by Crippen LogP contribution is 2.23. The minimum absolute atomic E-state index is 0.197. The number of hydrogen-bond donors (Lipinski definition) is 1. The molecule has 2 aromatic heterocycles. The number of carbonyl (C=O) groups excluding carboxylic acids is 1. The number of pyridine rings is 2. The van der Waals surface area contributed by atoms with Crippen molar-refractivity contribution in [3.8, 4) is 11.5 Å². The quantitative estimate of drug-likeness (QED) is 0.437. The van der Waals surface area contributed by atoms with E-state index < -0.39 is 0 Å². The van der Waals surface area contributed by atoms with E-state index in [-0.39, 0.29) is 6.03 Å². The second-order valence-corrected chi connectivity index (χ2v) is 6.94. The molecule has 31 heavy (non-hydrogen) atoms. The van der Waals surface area contributed by atoms with Gasteiger partial charge in [-0.3, -0.25) is 9.97 Å². The van der Waals surface area contributed by atoms with Gasteiger partial charge in [-0.1, -0.05) is 24.3 Å². The number of ether oxygens (including phenoxy) is 1. The third-order valence-corrected chi connectivity index (χ3v) is 4.59. The predicted octanol–water partition coefficient (Wildman–Crippen LogP) is 5.50. The van der Waals surface area contributed by atoms with Crippen LogP contribution in [0.2, 0.25) is 0 Å². The monoisotopic (exact) mass is 410 g/mol. The fraction of sp³-hybridized carbons (Fsp3) is 0.0800. The van der Waals surface area contributed by atoms with Gasteiger partial charge in [0.25, 0.3) is 0 Å². The summed E-state index contributed by atoms with van der Waals surface area (Å²) in [5, 5.41) is 2.97. The summed E-state index contributed by atoms with van der Waals surface area (Å²) in [6.45, 7) is 0.898. The summed E-state index contributed by atoms with van der Waals surface area (Å²) in [5.41, 5.74) is 2.65. The average Bonchev–Trinajstić information content (AvgIpc) is 2.82. The van der Waals surface area contributed by atoms with E-state index in [0.717, 1.165) is 16.9 Å². The number of nitrogens with one attached hydrogen (secondary N) is 1. The summed E-state index contributed by atoms with van der Waals surface area (Å²) >= 11 is 0. The highest BCUT2D eigenvalue weighted by Gasteiger charge is 2.15. The first kappa shape index (κ1) is 20.1. The van der Waals surface area contributed by atoms with Crippen molar-refractivity contribution >= 4 is 11.7 Å². The van der Waals surface area contributed by atoms with Gasteiger partial charge in [-0.25, -0.2) is 4.79 Å². The van der Waals surface area contributed by atoms with Gasteiger partial charge in [-0.15, -0.1) is 0 Å². The Labute approximate surface area is 181 Å². The van der Waals surface area contributed by atoms with E-state index in [1.165, 1.54) is 0 Å². The molecule has 6 nitrogen and oxygen atoms in total. The lowest BCUT2D eigenvalue weighted by atomic mass is 10.2. The molecule has 2 aromatic carbocycles. The molecule has 4 aromatic rings. The van der Waals surface area contributed by atoms with Crippen LogP contribution >= 0.6 is 0 Å².